The number of hydrogen-bond acceptors (Lipinski definition) is 3. The molecule has 154 valence electrons. The Hall–Kier alpha value is -1.85. The van der Waals surface area contributed by atoms with Crippen molar-refractivity contribution in [2.45, 2.75) is 69.5 Å². The van der Waals surface area contributed by atoms with Gasteiger partial charge in [-0.05, 0) is 54.8 Å². The third-order valence-corrected chi connectivity index (χ3v) is 6.93. The molecule has 0 saturated heterocycles. The van der Waals surface area contributed by atoms with Gasteiger partial charge in [0, 0.05) is 22.0 Å². The van der Waals surface area contributed by atoms with E-state index in [4.69, 9.17) is 11.6 Å². The first-order valence-corrected chi connectivity index (χ1v) is 11.8. The summed E-state index contributed by atoms with van der Waals surface area (Å²) in [6, 6.07) is 11.0. The van der Waals surface area contributed by atoms with E-state index < -0.39 is 6.04 Å². The molecule has 1 aromatic heterocycles. The van der Waals surface area contributed by atoms with Gasteiger partial charge in [-0.1, -0.05) is 49.1 Å². The SMILES string of the molecule is O=C(NC1CCCCC1)C(c1ccc(Cl)cc1)N(C(=O)Cc1cccs1)C1CC1. The van der Waals surface area contributed by atoms with Crippen LogP contribution >= 0.6 is 22.9 Å². The average molecular weight is 431 g/mol. The minimum Gasteiger partial charge on any atom is -0.351 e. The second-order valence-corrected chi connectivity index (χ2v) is 9.55. The molecule has 0 bridgehead atoms. The lowest BCUT2D eigenvalue weighted by molar-refractivity contribution is -0.141. The lowest BCUT2D eigenvalue weighted by Crippen LogP contribution is -2.48. The van der Waals surface area contributed by atoms with Crippen molar-refractivity contribution in [1.29, 1.82) is 0 Å². The van der Waals surface area contributed by atoms with Crippen LogP contribution in [0.15, 0.2) is 41.8 Å². The van der Waals surface area contributed by atoms with Gasteiger partial charge in [0.15, 0.2) is 0 Å². The normalized spacial score (nSPS) is 18.2. The van der Waals surface area contributed by atoms with E-state index in [2.05, 4.69) is 5.32 Å². The van der Waals surface area contributed by atoms with Gasteiger partial charge in [0.2, 0.25) is 11.8 Å². The van der Waals surface area contributed by atoms with E-state index in [9.17, 15) is 9.59 Å². The van der Waals surface area contributed by atoms with Crippen molar-refractivity contribution in [2.75, 3.05) is 0 Å². The van der Waals surface area contributed by atoms with E-state index in [0.717, 1.165) is 49.0 Å². The van der Waals surface area contributed by atoms with Crippen LogP contribution in [0.1, 0.15) is 61.4 Å². The molecule has 1 unspecified atom stereocenters. The van der Waals surface area contributed by atoms with Crippen LogP contribution in [-0.2, 0) is 16.0 Å². The fourth-order valence-corrected chi connectivity index (χ4v) is 5.00. The molecule has 1 N–H and O–H groups in total. The van der Waals surface area contributed by atoms with E-state index >= 15 is 0 Å². The van der Waals surface area contributed by atoms with Crippen LogP contribution in [-0.4, -0.2) is 28.8 Å². The first-order chi connectivity index (χ1) is 14.1. The van der Waals surface area contributed by atoms with Gasteiger partial charge < -0.3 is 10.2 Å². The van der Waals surface area contributed by atoms with Gasteiger partial charge in [-0.15, -0.1) is 11.3 Å². The van der Waals surface area contributed by atoms with E-state index in [1.807, 2.05) is 34.5 Å². The van der Waals surface area contributed by atoms with Crippen molar-refractivity contribution in [3.05, 3.63) is 57.2 Å². The highest BCUT2D eigenvalue weighted by atomic mass is 35.5. The van der Waals surface area contributed by atoms with Crippen molar-refractivity contribution >= 4 is 34.8 Å². The minimum absolute atomic E-state index is 0.0219. The number of thiophene rings is 1. The van der Waals surface area contributed by atoms with Gasteiger partial charge >= 0.3 is 0 Å². The van der Waals surface area contributed by atoms with Crippen molar-refractivity contribution < 1.29 is 9.59 Å². The Kier molecular flexibility index (Phi) is 6.56. The van der Waals surface area contributed by atoms with Crippen LogP contribution in [0.4, 0.5) is 0 Å². The molecular formula is C23H27ClN2O2S. The average Bonchev–Trinajstić information content (AvgIpc) is 3.43. The molecule has 2 fully saturated rings. The Morgan fingerprint density at radius 2 is 1.79 bits per heavy atom. The van der Waals surface area contributed by atoms with E-state index in [0.29, 0.717) is 11.4 Å². The molecule has 0 spiro atoms. The fraction of sp³-hybridized carbons (Fsp3) is 0.478. The zero-order valence-corrected chi connectivity index (χ0v) is 18.1. The van der Waals surface area contributed by atoms with Gasteiger partial charge in [-0.25, -0.2) is 0 Å². The molecule has 1 heterocycles. The van der Waals surface area contributed by atoms with E-state index in [-0.39, 0.29) is 23.9 Å². The maximum Gasteiger partial charge on any atom is 0.247 e. The van der Waals surface area contributed by atoms with Crippen LogP contribution < -0.4 is 5.32 Å². The number of carbonyl (C=O) groups excluding carboxylic acids is 2. The van der Waals surface area contributed by atoms with Crippen LogP contribution in [0.3, 0.4) is 0 Å². The highest BCUT2D eigenvalue weighted by molar-refractivity contribution is 7.10. The Bertz CT molecular complexity index is 827. The summed E-state index contributed by atoms with van der Waals surface area (Å²) in [6.45, 7) is 0. The summed E-state index contributed by atoms with van der Waals surface area (Å²) in [5.41, 5.74) is 0.828. The van der Waals surface area contributed by atoms with Gasteiger partial charge in [0.1, 0.15) is 6.04 Å². The summed E-state index contributed by atoms with van der Waals surface area (Å²) in [5.74, 6) is -0.0423. The summed E-state index contributed by atoms with van der Waals surface area (Å²) in [4.78, 5) is 29.6. The number of halogens is 1. The summed E-state index contributed by atoms with van der Waals surface area (Å²) >= 11 is 7.67. The molecule has 0 aliphatic heterocycles. The van der Waals surface area contributed by atoms with Gasteiger partial charge in [0.25, 0.3) is 0 Å². The van der Waals surface area contributed by atoms with Crippen LogP contribution in [0, 0.1) is 0 Å². The van der Waals surface area contributed by atoms with Crippen molar-refractivity contribution in [3.63, 3.8) is 0 Å². The number of amides is 2. The van der Waals surface area contributed by atoms with E-state index in [1.165, 1.54) is 6.42 Å². The molecule has 2 saturated carbocycles. The Labute approximate surface area is 181 Å². The first kappa shape index (κ1) is 20.4. The van der Waals surface area contributed by atoms with Gasteiger partial charge in [-0.3, -0.25) is 9.59 Å². The third kappa shape index (κ3) is 5.20. The monoisotopic (exact) mass is 430 g/mol. The maximum atomic E-state index is 13.4. The van der Waals surface area contributed by atoms with Gasteiger partial charge in [-0.2, -0.15) is 0 Å². The lowest BCUT2D eigenvalue weighted by atomic mass is 9.94. The molecule has 1 aromatic carbocycles. The predicted molar refractivity (Wildman–Crippen MR) is 117 cm³/mol. The van der Waals surface area contributed by atoms with Gasteiger partial charge in [0.05, 0.1) is 6.42 Å². The Morgan fingerprint density at radius 1 is 1.07 bits per heavy atom. The lowest BCUT2D eigenvalue weighted by Gasteiger charge is -2.33. The molecule has 0 radical (unpaired) electrons. The fourth-order valence-electron chi connectivity index (χ4n) is 4.18. The molecule has 2 amide bonds. The van der Waals surface area contributed by atoms with E-state index in [1.54, 1.807) is 23.5 Å². The number of nitrogens with one attached hydrogen (secondary N) is 1. The smallest absolute Gasteiger partial charge is 0.247 e. The second-order valence-electron chi connectivity index (χ2n) is 8.09. The number of nitrogens with zero attached hydrogens (tertiary/aromatic N) is 1. The summed E-state index contributed by atoms with van der Waals surface area (Å²) < 4.78 is 0. The number of hydrogen-bond donors (Lipinski definition) is 1. The molecule has 4 nitrogen and oxygen atoms in total. The summed E-state index contributed by atoms with van der Waals surface area (Å²) in [7, 11) is 0. The summed E-state index contributed by atoms with van der Waals surface area (Å²) in [6.07, 6.45) is 7.83. The molecular weight excluding hydrogens is 404 g/mol. The summed E-state index contributed by atoms with van der Waals surface area (Å²) in [5, 5.41) is 5.86. The topological polar surface area (TPSA) is 49.4 Å². The Balaban J connectivity index is 1.60. The standard InChI is InChI=1S/C23H27ClN2O2S/c24-17-10-8-16(9-11-17)22(23(28)25-18-5-2-1-3-6-18)26(19-12-13-19)21(27)15-20-7-4-14-29-20/h4,7-11,14,18-19,22H,1-3,5-6,12-13,15H2,(H,25,28). The molecule has 6 heteroatoms. The molecule has 2 aromatic rings. The van der Waals surface area contributed by atoms with Crippen molar-refractivity contribution in [2.24, 2.45) is 0 Å². The van der Waals surface area contributed by atoms with Crippen LogP contribution in [0.2, 0.25) is 5.02 Å². The number of carbonyl (C=O) groups is 2. The zero-order chi connectivity index (χ0) is 20.2. The molecule has 2 aliphatic rings. The van der Waals surface area contributed by atoms with Crippen molar-refractivity contribution in [1.82, 2.24) is 10.2 Å². The molecule has 29 heavy (non-hydrogen) atoms. The molecule has 2 aliphatic carbocycles. The minimum atomic E-state index is -0.603. The highest BCUT2D eigenvalue weighted by Crippen LogP contribution is 2.36. The molecule has 1 atom stereocenters. The second kappa shape index (κ2) is 9.31. The number of benzene rings is 1. The predicted octanol–water partition coefficient (Wildman–Crippen LogP) is 5.13. The number of rotatable bonds is 7. The van der Waals surface area contributed by atoms with Crippen molar-refractivity contribution in [3.8, 4) is 0 Å². The zero-order valence-electron chi connectivity index (χ0n) is 16.5. The quantitative estimate of drug-likeness (QED) is 0.662. The third-order valence-electron chi connectivity index (χ3n) is 5.80. The van der Waals surface area contributed by atoms with Crippen LogP contribution in [0.5, 0.6) is 0 Å². The Morgan fingerprint density at radius 3 is 2.41 bits per heavy atom. The maximum absolute atomic E-state index is 13.4. The highest BCUT2D eigenvalue weighted by Gasteiger charge is 2.41. The largest absolute Gasteiger partial charge is 0.351 e. The van der Waals surface area contributed by atoms with Crippen LogP contribution in [0.25, 0.3) is 0 Å². The molecule has 4 rings (SSSR count). The first-order valence-electron chi connectivity index (χ1n) is 10.5.